The second-order valence-electron chi connectivity index (χ2n) is 5.10. The van der Waals surface area contributed by atoms with E-state index in [-0.39, 0.29) is 5.91 Å². The second-order valence-corrected chi connectivity index (χ2v) is 5.51. The zero-order valence-corrected chi connectivity index (χ0v) is 14.2. The molecule has 6 nitrogen and oxygen atoms in total. The minimum Gasteiger partial charge on any atom is -0.383 e. The number of aryl methyl sites for hydroxylation is 2. The molecular weight excluding hydrogens is 318 g/mol. The highest BCUT2D eigenvalue weighted by atomic mass is 35.5. The molecule has 0 unspecified atom stereocenters. The van der Waals surface area contributed by atoms with E-state index < -0.39 is 0 Å². The van der Waals surface area contributed by atoms with Crippen LogP contribution in [0.2, 0.25) is 5.02 Å². The lowest BCUT2D eigenvalue weighted by molar-refractivity contribution is 0.0937. The van der Waals surface area contributed by atoms with Crippen molar-refractivity contribution in [2.45, 2.75) is 20.4 Å². The largest absolute Gasteiger partial charge is 0.383 e. The first-order chi connectivity index (χ1) is 11.0. The lowest BCUT2D eigenvalue weighted by Gasteiger charge is -2.11. The Morgan fingerprint density at radius 2 is 2.17 bits per heavy atom. The molecular formula is C16H20ClN3O3. The predicted molar refractivity (Wildman–Crippen MR) is 89.0 cm³/mol. The average Bonchev–Trinajstić information content (AvgIpc) is 2.85. The Kier molecular flexibility index (Phi) is 6.01. The minimum absolute atomic E-state index is 0.167. The number of rotatable bonds is 7. The average molecular weight is 338 g/mol. The maximum absolute atomic E-state index is 12.1. The fourth-order valence-electron chi connectivity index (χ4n) is 2.11. The summed E-state index contributed by atoms with van der Waals surface area (Å²) < 4.78 is 10.0. The molecule has 0 radical (unpaired) electrons. The molecule has 0 atom stereocenters. The SMILES string of the molecule is COCCNC(=O)c1ccc(Cl)c(NCc2c(C)noc2C)c1. The summed E-state index contributed by atoms with van der Waals surface area (Å²) in [5, 5.41) is 10.5. The summed E-state index contributed by atoms with van der Waals surface area (Å²) in [6.45, 7) is 5.19. The molecule has 0 saturated heterocycles. The van der Waals surface area contributed by atoms with Gasteiger partial charge in [0.25, 0.3) is 5.91 Å². The molecule has 1 heterocycles. The van der Waals surface area contributed by atoms with Gasteiger partial charge in [-0.2, -0.15) is 0 Å². The fourth-order valence-corrected chi connectivity index (χ4v) is 2.29. The third-order valence-corrected chi connectivity index (χ3v) is 3.79. The number of benzene rings is 1. The fraction of sp³-hybridized carbons (Fsp3) is 0.375. The van der Waals surface area contributed by atoms with Gasteiger partial charge in [-0.25, -0.2) is 0 Å². The first kappa shape index (κ1) is 17.3. The molecule has 7 heteroatoms. The third-order valence-electron chi connectivity index (χ3n) is 3.46. The van der Waals surface area contributed by atoms with Crippen LogP contribution < -0.4 is 10.6 Å². The Hall–Kier alpha value is -2.05. The van der Waals surface area contributed by atoms with Crippen LogP contribution in [0.25, 0.3) is 0 Å². The normalized spacial score (nSPS) is 10.6. The Morgan fingerprint density at radius 3 is 2.83 bits per heavy atom. The van der Waals surface area contributed by atoms with Gasteiger partial charge in [-0.1, -0.05) is 16.8 Å². The number of nitrogens with one attached hydrogen (secondary N) is 2. The highest BCUT2D eigenvalue weighted by molar-refractivity contribution is 6.33. The van der Waals surface area contributed by atoms with Crippen molar-refractivity contribution in [2.24, 2.45) is 0 Å². The third kappa shape index (κ3) is 4.46. The van der Waals surface area contributed by atoms with E-state index in [0.717, 1.165) is 17.0 Å². The molecule has 1 aromatic heterocycles. The molecule has 2 rings (SSSR count). The van der Waals surface area contributed by atoms with E-state index in [4.69, 9.17) is 20.9 Å². The molecule has 0 saturated carbocycles. The molecule has 1 aromatic carbocycles. The molecule has 124 valence electrons. The zero-order chi connectivity index (χ0) is 16.8. The number of methoxy groups -OCH3 is 1. The van der Waals surface area contributed by atoms with Gasteiger partial charge in [-0.3, -0.25) is 4.79 Å². The summed E-state index contributed by atoms with van der Waals surface area (Å²) in [5.74, 6) is 0.596. The summed E-state index contributed by atoms with van der Waals surface area (Å²) in [7, 11) is 1.59. The van der Waals surface area contributed by atoms with Crippen molar-refractivity contribution in [1.29, 1.82) is 0 Å². The maximum atomic E-state index is 12.1. The number of aromatic nitrogens is 1. The van der Waals surface area contributed by atoms with Crippen LogP contribution in [0.15, 0.2) is 22.7 Å². The number of halogens is 1. The summed E-state index contributed by atoms with van der Waals surface area (Å²) in [6, 6.07) is 5.11. The van der Waals surface area contributed by atoms with Crippen LogP contribution in [-0.2, 0) is 11.3 Å². The van der Waals surface area contributed by atoms with Gasteiger partial charge in [-0.05, 0) is 32.0 Å². The smallest absolute Gasteiger partial charge is 0.251 e. The molecule has 2 aromatic rings. The highest BCUT2D eigenvalue weighted by Gasteiger charge is 2.11. The molecule has 0 bridgehead atoms. The van der Waals surface area contributed by atoms with Crippen LogP contribution in [0.3, 0.4) is 0 Å². The van der Waals surface area contributed by atoms with E-state index in [1.54, 1.807) is 25.3 Å². The number of anilines is 1. The van der Waals surface area contributed by atoms with Crippen LogP contribution in [0.1, 0.15) is 27.4 Å². The minimum atomic E-state index is -0.167. The first-order valence-electron chi connectivity index (χ1n) is 7.25. The van der Waals surface area contributed by atoms with Gasteiger partial charge in [0.1, 0.15) is 5.76 Å². The summed E-state index contributed by atoms with van der Waals surface area (Å²) in [4.78, 5) is 12.1. The molecule has 1 amide bonds. The van der Waals surface area contributed by atoms with E-state index >= 15 is 0 Å². The van der Waals surface area contributed by atoms with Crippen molar-refractivity contribution < 1.29 is 14.1 Å². The van der Waals surface area contributed by atoms with Crippen molar-refractivity contribution in [3.05, 3.63) is 45.8 Å². The van der Waals surface area contributed by atoms with Gasteiger partial charge < -0.3 is 19.9 Å². The van der Waals surface area contributed by atoms with Gasteiger partial charge in [0.2, 0.25) is 0 Å². The van der Waals surface area contributed by atoms with Crippen molar-refractivity contribution in [3.63, 3.8) is 0 Å². The van der Waals surface area contributed by atoms with Crippen molar-refractivity contribution in [2.75, 3.05) is 25.6 Å². The summed E-state index contributed by atoms with van der Waals surface area (Å²) in [6.07, 6.45) is 0. The number of carbonyl (C=O) groups is 1. The van der Waals surface area contributed by atoms with Gasteiger partial charge in [0, 0.05) is 31.3 Å². The van der Waals surface area contributed by atoms with Crippen LogP contribution in [0, 0.1) is 13.8 Å². The van der Waals surface area contributed by atoms with Crippen molar-refractivity contribution >= 4 is 23.2 Å². The number of nitrogens with zero attached hydrogens (tertiary/aromatic N) is 1. The van der Waals surface area contributed by atoms with Gasteiger partial charge in [0.05, 0.1) is 23.0 Å². The lowest BCUT2D eigenvalue weighted by atomic mass is 10.1. The number of ether oxygens (including phenoxy) is 1. The first-order valence-corrected chi connectivity index (χ1v) is 7.63. The predicted octanol–water partition coefficient (Wildman–Crippen LogP) is 2.93. The molecule has 0 aliphatic rings. The molecule has 0 fully saturated rings. The van der Waals surface area contributed by atoms with E-state index in [9.17, 15) is 4.79 Å². The zero-order valence-electron chi connectivity index (χ0n) is 13.4. The molecule has 23 heavy (non-hydrogen) atoms. The number of hydrogen-bond donors (Lipinski definition) is 2. The Balaban J connectivity index is 2.07. The molecule has 2 N–H and O–H groups in total. The quantitative estimate of drug-likeness (QED) is 0.760. The Labute approximate surface area is 140 Å². The highest BCUT2D eigenvalue weighted by Crippen LogP contribution is 2.24. The lowest BCUT2D eigenvalue weighted by Crippen LogP contribution is -2.26. The van der Waals surface area contributed by atoms with E-state index in [1.807, 2.05) is 13.8 Å². The maximum Gasteiger partial charge on any atom is 0.251 e. The van der Waals surface area contributed by atoms with Gasteiger partial charge >= 0.3 is 0 Å². The monoisotopic (exact) mass is 337 g/mol. The van der Waals surface area contributed by atoms with E-state index in [0.29, 0.717) is 36.0 Å². The van der Waals surface area contributed by atoms with E-state index in [1.165, 1.54) is 0 Å². The standard InChI is InChI=1S/C16H20ClN3O3/c1-10-13(11(2)23-20-10)9-19-15-8-12(4-5-14(15)17)16(21)18-6-7-22-3/h4-5,8,19H,6-7,9H2,1-3H3,(H,18,21). The van der Waals surface area contributed by atoms with E-state index in [2.05, 4.69) is 15.8 Å². The molecule has 0 aliphatic carbocycles. The van der Waals surface area contributed by atoms with Crippen LogP contribution >= 0.6 is 11.6 Å². The van der Waals surface area contributed by atoms with Crippen LogP contribution in [0.5, 0.6) is 0 Å². The van der Waals surface area contributed by atoms with Gasteiger partial charge in [0.15, 0.2) is 0 Å². The number of hydrogen-bond acceptors (Lipinski definition) is 5. The Bertz CT molecular complexity index is 666. The van der Waals surface area contributed by atoms with Crippen molar-refractivity contribution in [1.82, 2.24) is 10.5 Å². The summed E-state index contributed by atoms with van der Waals surface area (Å²) in [5.41, 5.74) is 3.04. The van der Waals surface area contributed by atoms with Crippen LogP contribution in [-0.4, -0.2) is 31.3 Å². The number of carbonyl (C=O) groups excluding carboxylic acids is 1. The second kappa shape index (κ2) is 7.99. The molecule has 0 spiro atoms. The van der Waals surface area contributed by atoms with Gasteiger partial charge in [-0.15, -0.1) is 0 Å². The van der Waals surface area contributed by atoms with Crippen molar-refractivity contribution in [3.8, 4) is 0 Å². The topological polar surface area (TPSA) is 76.4 Å². The number of amides is 1. The van der Waals surface area contributed by atoms with Crippen LogP contribution in [0.4, 0.5) is 5.69 Å². The summed E-state index contributed by atoms with van der Waals surface area (Å²) >= 11 is 6.19. The molecule has 0 aliphatic heterocycles. The Morgan fingerprint density at radius 1 is 1.39 bits per heavy atom.